The molecule has 1 atom stereocenters. The number of benzene rings is 3. The van der Waals surface area contributed by atoms with Gasteiger partial charge in [0.25, 0.3) is 5.91 Å². The first-order valence-corrected chi connectivity index (χ1v) is 11.5. The number of amides is 1. The molecule has 1 aromatic heterocycles. The molecule has 5 rings (SSSR count). The van der Waals surface area contributed by atoms with Gasteiger partial charge in [0.1, 0.15) is 11.3 Å². The Labute approximate surface area is 207 Å². The first kappa shape index (κ1) is 22.9. The average Bonchev–Trinajstić information content (AvgIpc) is 3.46. The van der Waals surface area contributed by atoms with Crippen LogP contribution in [0.1, 0.15) is 41.1 Å². The number of furan rings is 1. The van der Waals surface area contributed by atoms with Crippen LogP contribution in [0.15, 0.2) is 94.6 Å². The molecule has 0 radical (unpaired) electrons. The third-order valence-electron chi connectivity index (χ3n) is 6.05. The number of aliphatic hydroxyl groups is 1. The Bertz CT molecular complexity index is 1490. The SMILES string of the molecule is CCCOc1ccc(C2C(C(=O)c3cc4ccccc4o3)=C(O)C(=O)N2c2ccc(C#N)cc2)cc1. The van der Waals surface area contributed by atoms with Crippen LogP contribution >= 0.6 is 0 Å². The number of hydrogen-bond acceptors (Lipinski definition) is 6. The third-order valence-corrected chi connectivity index (χ3v) is 6.05. The van der Waals surface area contributed by atoms with E-state index in [-0.39, 0.29) is 11.3 Å². The predicted molar refractivity (Wildman–Crippen MR) is 134 cm³/mol. The third kappa shape index (κ3) is 3.99. The van der Waals surface area contributed by atoms with Gasteiger partial charge >= 0.3 is 0 Å². The molecule has 0 saturated carbocycles. The van der Waals surface area contributed by atoms with Gasteiger partial charge in [0.05, 0.1) is 29.9 Å². The number of nitriles is 1. The smallest absolute Gasteiger partial charge is 0.294 e. The average molecular weight is 479 g/mol. The van der Waals surface area contributed by atoms with E-state index in [2.05, 4.69) is 0 Å². The first-order valence-electron chi connectivity index (χ1n) is 11.5. The Morgan fingerprint density at radius 1 is 1.08 bits per heavy atom. The number of rotatable bonds is 7. The molecule has 7 heteroatoms. The summed E-state index contributed by atoms with van der Waals surface area (Å²) in [6.45, 7) is 2.58. The summed E-state index contributed by atoms with van der Waals surface area (Å²) in [4.78, 5) is 28.4. The molecule has 0 saturated heterocycles. The lowest BCUT2D eigenvalue weighted by molar-refractivity contribution is -0.117. The zero-order chi connectivity index (χ0) is 25.2. The maximum Gasteiger partial charge on any atom is 0.294 e. The molecule has 1 aliphatic heterocycles. The van der Waals surface area contributed by atoms with Gasteiger partial charge in [-0.2, -0.15) is 5.26 Å². The number of para-hydroxylation sites is 1. The fourth-order valence-electron chi connectivity index (χ4n) is 4.31. The normalized spacial score (nSPS) is 15.4. The highest BCUT2D eigenvalue weighted by atomic mass is 16.5. The fourth-order valence-corrected chi connectivity index (χ4v) is 4.31. The van der Waals surface area contributed by atoms with Gasteiger partial charge in [-0.25, -0.2) is 0 Å². The number of nitrogens with zero attached hydrogens (tertiary/aromatic N) is 2. The number of carbonyl (C=O) groups excluding carboxylic acids is 2. The maximum absolute atomic E-state index is 13.7. The van der Waals surface area contributed by atoms with Crippen LogP contribution in [0, 0.1) is 11.3 Å². The molecule has 1 aliphatic rings. The number of anilines is 1. The summed E-state index contributed by atoms with van der Waals surface area (Å²) in [7, 11) is 0. The summed E-state index contributed by atoms with van der Waals surface area (Å²) < 4.78 is 11.4. The Morgan fingerprint density at radius 2 is 1.81 bits per heavy atom. The van der Waals surface area contributed by atoms with E-state index in [1.807, 2.05) is 25.1 Å². The fraction of sp³-hybridized carbons (Fsp3) is 0.138. The standard InChI is InChI=1S/C29H22N2O5/c1-2-15-35-22-13-9-19(10-14-22)26-25(27(32)24-16-20-5-3-4-6-23(20)36-24)28(33)29(34)31(26)21-11-7-18(17-30)8-12-21/h3-14,16,26,33H,2,15H2,1H3. The van der Waals surface area contributed by atoms with Crippen molar-refractivity contribution in [3.8, 4) is 11.8 Å². The summed E-state index contributed by atoms with van der Waals surface area (Å²) in [6.07, 6.45) is 0.859. The van der Waals surface area contributed by atoms with Crippen LogP contribution in [0.3, 0.4) is 0 Å². The van der Waals surface area contributed by atoms with Crippen molar-refractivity contribution in [2.45, 2.75) is 19.4 Å². The maximum atomic E-state index is 13.7. The van der Waals surface area contributed by atoms with Crippen LogP contribution in [0.2, 0.25) is 0 Å². The van der Waals surface area contributed by atoms with E-state index in [1.54, 1.807) is 66.7 Å². The van der Waals surface area contributed by atoms with Crippen molar-refractivity contribution in [3.63, 3.8) is 0 Å². The number of Topliss-reactive ketones (excluding diaryl/α,β-unsaturated/α-hetero) is 1. The Balaban J connectivity index is 1.60. The van der Waals surface area contributed by atoms with Gasteiger partial charge in [-0.15, -0.1) is 0 Å². The summed E-state index contributed by atoms with van der Waals surface area (Å²) >= 11 is 0. The summed E-state index contributed by atoms with van der Waals surface area (Å²) in [5.41, 5.74) is 1.93. The molecule has 0 fully saturated rings. The van der Waals surface area contributed by atoms with Crippen molar-refractivity contribution in [1.82, 2.24) is 0 Å². The number of fused-ring (bicyclic) bond motifs is 1. The molecular formula is C29H22N2O5. The number of ether oxygens (including phenoxy) is 1. The molecule has 178 valence electrons. The van der Waals surface area contributed by atoms with Gasteiger partial charge < -0.3 is 14.3 Å². The monoisotopic (exact) mass is 478 g/mol. The highest BCUT2D eigenvalue weighted by Gasteiger charge is 2.45. The molecule has 3 aromatic carbocycles. The van der Waals surface area contributed by atoms with Crippen molar-refractivity contribution < 1.29 is 23.8 Å². The van der Waals surface area contributed by atoms with Crippen molar-refractivity contribution in [2.24, 2.45) is 0 Å². The minimum Gasteiger partial charge on any atom is -0.503 e. The highest BCUT2D eigenvalue weighted by molar-refractivity contribution is 6.20. The first-order chi connectivity index (χ1) is 17.5. The largest absolute Gasteiger partial charge is 0.503 e. The molecule has 0 spiro atoms. The Kier molecular flexibility index (Phi) is 6.01. The lowest BCUT2D eigenvalue weighted by atomic mass is 9.94. The van der Waals surface area contributed by atoms with Crippen LogP contribution in [0.4, 0.5) is 5.69 Å². The molecular weight excluding hydrogens is 456 g/mol. The van der Waals surface area contributed by atoms with E-state index in [9.17, 15) is 14.7 Å². The van der Waals surface area contributed by atoms with Gasteiger partial charge in [-0.05, 0) is 60.5 Å². The molecule has 36 heavy (non-hydrogen) atoms. The minimum atomic E-state index is -0.911. The second kappa shape index (κ2) is 9.43. The molecule has 0 bridgehead atoms. The molecule has 1 amide bonds. The predicted octanol–water partition coefficient (Wildman–Crippen LogP) is 5.88. The number of aliphatic hydroxyl groups excluding tert-OH is 1. The lowest BCUT2D eigenvalue weighted by Crippen LogP contribution is -2.31. The molecule has 7 nitrogen and oxygen atoms in total. The van der Waals surface area contributed by atoms with Crippen LogP contribution in [0.5, 0.6) is 5.75 Å². The number of hydrogen-bond donors (Lipinski definition) is 1. The second-order valence-corrected chi connectivity index (χ2v) is 8.39. The molecule has 1 N–H and O–H groups in total. The van der Waals surface area contributed by atoms with Gasteiger partial charge in [0, 0.05) is 11.1 Å². The van der Waals surface area contributed by atoms with Crippen LogP contribution in [0.25, 0.3) is 11.0 Å². The second-order valence-electron chi connectivity index (χ2n) is 8.39. The molecule has 1 unspecified atom stereocenters. The van der Waals surface area contributed by atoms with Gasteiger partial charge in [0.15, 0.2) is 11.5 Å². The van der Waals surface area contributed by atoms with Gasteiger partial charge in [-0.3, -0.25) is 14.5 Å². The van der Waals surface area contributed by atoms with E-state index >= 15 is 0 Å². The molecule has 2 heterocycles. The quantitative estimate of drug-likeness (QED) is 0.333. The van der Waals surface area contributed by atoms with Crippen LogP contribution in [-0.4, -0.2) is 23.4 Å². The van der Waals surface area contributed by atoms with Crippen molar-refractivity contribution >= 4 is 28.3 Å². The summed E-state index contributed by atoms with van der Waals surface area (Å²) in [5.74, 6) is -1.24. The van der Waals surface area contributed by atoms with Crippen LogP contribution in [-0.2, 0) is 4.79 Å². The van der Waals surface area contributed by atoms with E-state index < -0.39 is 23.5 Å². The lowest BCUT2D eigenvalue weighted by Gasteiger charge is -2.27. The Morgan fingerprint density at radius 3 is 2.47 bits per heavy atom. The minimum absolute atomic E-state index is 0.0279. The summed E-state index contributed by atoms with van der Waals surface area (Å²) in [6, 6.07) is 23.4. The van der Waals surface area contributed by atoms with Gasteiger partial charge in [0.2, 0.25) is 5.78 Å². The molecule has 0 aliphatic carbocycles. The zero-order valence-electron chi connectivity index (χ0n) is 19.5. The zero-order valence-corrected chi connectivity index (χ0v) is 19.5. The molecule has 4 aromatic rings. The van der Waals surface area contributed by atoms with E-state index in [4.69, 9.17) is 14.4 Å². The number of ketones is 1. The van der Waals surface area contributed by atoms with Crippen molar-refractivity contribution in [2.75, 3.05) is 11.5 Å². The van der Waals surface area contributed by atoms with Crippen LogP contribution < -0.4 is 9.64 Å². The Hall–Kier alpha value is -4.83. The van der Waals surface area contributed by atoms with Gasteiger partial charge in [-0.1, -0.05) is 37.3 Å². The summed E-state index contributed by atoms with van der Waals surface area (Å²) in [5, 5.41) is 20.8. The van der Waals surface area contributed by atoms with Crippen molar-refractivity contribution in [3.05, 3.63) is 107 Å². The topological polar surface area (TPSA) is 104 Å². The van der Waals surface area contributed by atoms with Crippen molar-refractivity contribution in [1.29, 1.82) is 5.26 Å². The van der Waals surface area contributed by atoms with E-state index in [0.717, 1.165) is 11.8 Å². The van der Waals surface area contributed by atoms with E-state index in [1.165, 1.54) is 4.90 Å². The number of carbonyl (C=O) groups is 2. The van der Waals surface area contributed by atoms with E-state index in [0.29, 0.717) is 34.8 Å². The highest BCUT2D eigenvalue weighted by Crippen LogP contribution is 2.42.